The van der Waals surface area contributed by atoms with E-state index >= 15 is 0 Å². The third-order valence-electron chi connectivity index (χ3n) is 2.65. The molecule has 0 aliphatic heterocycles. The molecule has 0 saturated heterocycles. The van der Waals surface area contributed by atoms with Crippen LogP contribution < -0.4 is 10.5 Å². The van der Waals surface area contributed by atoms with Crippen molar-refractivity contribution in [1.29, 1.82) is 0 Å². The molecule has 0 aliphatic rings. The Kier molecular flexibility index (Phi) is 4.97. The quantitative estimate of drug-likeness (QED) is 0.802. The van der Waals surface area contributed by atoms with Gasteiger partial charge in [0.1, 0.15) is 15.7 Å². The zero-order valence-corrected chi connectivity index (χ0v) is 13.9. The van der Waals surface area contributed by atoms with Gasteiger partial charge in [0.15, 0.2) is 4.67 Å². The lowest BCUT2D eigenvalue weighted by molar-refractivity contribution is 0.482. The first-order valence-electron chi connectivity index (χ1n) is 5.88. The van der Waals surface area contributed by atoms with E-state index in [1.54, 1.807) is 6.20 Å². The van der Waals surface area contributed by atoms with Gasteiger partial charge in [0, 0.05) is 17.6 Å². The number of halogens is 1. The summed E-state index contributed by atoms with van der Waals surface area (Å²) in [6.45, 7) is 2.03. The van der Waals surface area contributed by atoms with Crippen LogP contribution in [0.1, 0.15) is 30.2 Å². The van der Waals surface area contributed by atoms with Crippen molar-refractivity contribution in [1.82, 2.24) is 9.71 Å². The maximum atomic E-state index is 12.4. The van der Waals surface area contributed by atoms with Gasteiger partial charge in [-0.05, 0) is 22.4 Å². The van der Waals surface area contributed by atoms with E-state index in [2.05, 4.69) is 25.6 Å². The predicted octanol–water partition coefficient (Wildman–Crippen LogP) is 2.39. The molecular weight excluding hydrogens is 366 g/mol. The first-order valence-corrected chi connectivity index (χ1v) is 9.03. The summed E-state index contributed by atoms with van der Waals surface area (Å²) >= 11 is 4.51. The van der Waals surface area contributed by atoms with Crippen molar-refractivity contribution in [3.63, 3.8) is 0 Å². The molecule has 1 unspecified atom stereocenters. The SMILES string of the molecule is CCC(NS(=O)(=O)c1cc(CN)oc1Br)c1nccs1. The van der Waals surface area contributed by atoms with Gasteiger partial charge in [-0.3, -0.25) is 0 Å². The Morgan fingerprint density at radius 2 is 2.35 bits per heavy atom. The molecular formula is C11H14BrN3O3S2. The van der Waals surface area contributed by atoms with E-state index in [9.17, 15) is 8.42 Å². The Balaban J connectivity index is 2.28. The minimum atomic E-state index is -3.70. The number of sulfonamides is 1. The summed E-state index contributed by atoms with van der Waals surface area (Å²) in [5, 5.41) is 2.54. The zero-order chi connectivity index (χ0) is 14.8. The lowest BCUT2D eigenvalue weighted by Gasteiger charge is -2.13. The predicted molar refractivity (Wildman–Crippen MR) is 79.8 cm³/mol. The second-order valence-corrected chi connectivity index (χ2v) is 7.34. The Bertz CT molecular complexity index is 667. The summed E-state index contributed by atoms with van der Waals surface area (Å²) < 4.78 is 32.8. The topological polar surface area (TPSA) is 98.2 Å². The van der Waals surface area contributed by atoms with Crippen LogP contribution in [0.4, 0.5) is 0 Å². The number of nitrogens with one attached hydrogen (secondary N) is 1. The molecule has 9 heteroatoms. The summed E-state index contributed by atoms with van der Waals surface area (Å²) in [5.41, 5.74) is 5.44. The molecule has 0 radical (unpaired) electrons. The molecule has 0 aliphatic carbocycles. The lowest BCUT2D eigenvalue weighted by atomic mass is 10.3. The molecule has 2 aromatic rings. The van der Waals surface area contributed by atoms with Crippen LogP contribution >= 0.6 is 27.3 Å². The standard InChI is InChI=1S/C11H14BrN3O3S2/c1-2-8(11-14-3-4-19-11)15-20(16,17)9-5-7(6-13)18-10(9)12/h3-5,8,15H,2,6,13H2,1H3. The number of rotatable bonds is 6. The number of aromatic nitrogens is 1. The normalized spacial score (nSPS) is 13.6. The van der Waals surface area contributed by atoms with E-state index in [4.69, 9.17) is 10.2 Å². The maximum absolute atomic E-state index is 12.4. The highest BCUT2D eigenvalue weighted by Crippen LogP contribution is 2.28. The highest BCUT2D eigenvalue weighted by Gasteiger charge is 2.26. The van der Waals surface area contributed by atoms with Gasteiger partial charge in [0.2, 0.25) is 10.0 Å². The highest BCUT2D eigenvalue weighted by molar-refractivity contribution is 9.10. The molecule has 0 fully saturated rings. The molecule has 110 valence electrons. The lowest BCUT2D eigenvalue weighted by Crippen LogP contribution is -2.28. The number of nitrogens with zero attached hydrogens (tertiary/aromatic N) is 1. The van der Waals surface area contributed by atoms with Crippen LogP contribution in [-0.2, 0) is 16.6 Å². The third kappa shape index (κ3) is 3.29. The molecule has 0 amide bonds. The number of thiazole rings is 1. The number of hydrogen-bond donors (Lipinski definition) is 2. The van der Waals surface area contributed by atoms with Crippen molar-refractivity contribution in [2.45, 2.75) is 30.8 Å². The summed E-state index contributed by atoms with van der Waals surface area (Å²) in [4.78, 5) is 4.19. The molecule has 0 spiro atoms. The minimum absolute atomic E-state index is 0.0490. The van der Waals surface area contributed by atoms with E-state index in [1.165, 1.54) is 17.4 Å². The number of furan rings is 1. The van der Waals surface area contributed by atoms with Crippen LogP contribution in [-0.4, -0.2) is 13.4 Å². The van der Waals surface area contributed by atoms with Gasteiger partial charge in [-0.15, -0.1) is 11.3 Å². The van der Waals surface area contributed by atoms with Gasteiger partial charge in [-0.2, -0.15) is 0 Å². The molecule has 20 heavy (non-hydrogen) atoms. The van der Waals surface area contributed by atoms with Gasteiger partial charge in [0.05, 0.1) is 12.6 Å². The van der Waals surface area contributed by atoms with Crippen LogP contribution in [0.15, 0.2) is 31.6 Å². The molecule has 3 N–H and O–H groups in total. The molecule has 2 aromatic heterocycles. The molecule has 6 nitrogen and oxygen atoms in total. The maximum Gasteiger partial charge on any atom is 0.245 e. The van der Waals surface area contributed by atoms with Gasteiger partial charge >= 0.3 is 0 Å². The van der Waals surface area contributed by atoms with Crippen molar-refractivity contribution in [2.75, 3.05) is 0 Å². The van der Waals surface area contributed by atoms with Crippen LogP contribution in [0.3, 0.4) is 0 Å². The highest BCUT2D eigenvalue weighted by atomic mass is 79.9. The van der Waals surface area contributed by atoms with Crippen molar-refractivity contribution >= 4 is 37.3 Å². The van der Waals surface area contributed by atoms with Crippen LogP contribution in [0, 0.1) is 0 Å². The Hall–Kier alpha value is -0.740. The Labute approximate surface area is 129 Å². The fourth-order valence-electron chi connectivity index (χ4n) is 1.65. The number of hydrogen-bond acceptors (Lipinski definition) is 6. The molecule has 0 bridgehead atoms. The monoisotopic (exact) mass is 379 g/mol. The van der Waals surface area contributed by atoms with Crippen LogP contribution in [0.25, 0.3) is 0 Å². The summed E-state index contributed by atoms with van der Waals surface area (Å²) in [6, 6.07) is 1.06. The Morgan fingerprint density at radius 1 is 1.60 bits per heavy atom. The third-order valence-corrected chi connectivity index (χ3v) is 5.87. The Morgan fingerprint density at radius 3 is 2.85 bits per heavy atom. The van der Waals surface area contributed by atoms with Gasteiger partial charge in [-0.25, -0.2) is 18.1 Å². The largest absolute Gasteiger partial charge is 0.452 e. The van der Waals surface area contributed by atoms with Gasteiger partial charge < -0.3 is 10.2 Å². The molecule has 0 saturated carbocycles. The molecule has 2 heterocycles. The van der Waals surface area contributed by atoms with E-state index in [0.717, 1.165) is 5.01 Å². The van der Waals surface area contributed by atoms with Crippen LogP contribution in [0.2, 0.25) is 0 Å². The first kappa shape index (κ1) is 15.6. The molecule has 2 rings (SSSR count). The first-order chi connectivity index (χ1) is 9.47. The van der Waals surface area contributed by atoms with Crippen molar-refractivity contribution in [3.8, 4) is 0 Å². The smallest absolute Gasteiger partial charge is 0.245 e. The fourth-order valence-corrected chi connectivity index (χ4v) is 4.78. The van der Waals surface area contributed by atoms with E-state index in [1.807, 2.05) is 12.3 Å². The fraction of sp³-hybridized carbons (Fsp3) is 0.364. The molecule has 1 atom stereocenters. The van der Waals surface area contributed by atoms with E-state index in [0.29, 0.717) is 12.2 Å². The van der Waals surface area contributed by atoms with Crippen LogP contribution in [0.5, 0.6) is 0 Å². The number of nitrogens with two attached hydrogens (primary N) is 1. The summed E-state index contributed by atoms with van der Waals surface area (Å²) in [5.74, 6) is 0.402. The zero-order valence-electron chi connectivity index (χ0n) is 10.7. The second kappa shape index (κ2) is 6.35. The minimum Gasteiger partial charge on any atom is -0.452 e. The van der Waals surface area contributed by atoms with Gasteiger partial charge in [0.25, 0.3) is 0 Å². The van der Waals surface area contributed by atoms with Crippen molar-refractivity contribution in [2.24, 2.45) is 5.73 Å². The van der Waals surface area contributed by atoms with Gasteiger partial charge in [-0.1, -0.05) is 6.92 Å². The average Bonchev–Trinajstić information content (AvgIpc) is 3.05. The van der Waals surface area contributed by atoms with E-state index in [-0.39, 0.29) is 22.2 Å². The van der Waals surface area contributed by atoms with Crippen molar-refractivity contribution < 1.29 is 12.8 Å². The second-order valence-electron chi connectivity index (χ2n) is 4.01. The van der Waals surface area contributed by atoms with Crippen molar-refractivity contribution in [3.05, 3.63) is 33.1 Å². The molecule has 0 aromatic carbocycles. The summed E-state index contributed by atoms with van der Waals surface area (Å²) in [7, 11) is -3.70. The summed E-state index contributed by atoms with van der Waals surface area (Å²) in [6.07, 6.45) is 2.25. The average molecular weight is 380 g/mol. The van der Waals surface area contributed by atoms with E-state index < -0.39 is 10.0 Å².